The van der Waals surface area contributed by atoms with Gasteiger partial charge < -0.3 is 5.32 Å². The Labute approximate surface area is 97.1 Å². The molecule has 0 amide bonds. The van der Waals surface area contributed by atoms with Crippen molar-refractivity contribution in [2.24, 2.45) is 0 Å². The molecular weight excluding hydrogens is 201 g/mol. The molecule has 16 heavy (non-hydrogen) atoms. The first-order chi connectivity index (χ1) is 7.58. The number of rotatable bonds is 5. The van der Waals surface area contributed by atoms with Gasteiger partial charge in [-0.25, -0.2) is 4.39 Å². The molecule has 0 heterocycles. The second kappa shape index (κ2) is 4.54. The number of halogens is 1. The Kier molecular flexibility index (Phi) is 3.29. The van der Waals surface area contributed by atoms with Crippen molar-refractivity contribution < 1.29 is 4.39 Å². The fraction of sp³-hybridized carbons (Fsp3) is 0.571. The number of hydrogen-bond donors (Lipinski definition) is 1. The van der Waals surface area contributed by atoms with Crippen molar-refractivity contribution in [2.75, 3.05) is 6.54 Å². The van der Waals surface area contributed by atoms with Crippen molar-refractivity contribution in [3.05, 3.63) is 35.6 Å². The Morgan fingerprint density at radius 2 is 2.12 bits per heavy atom. The molecule has 0 spiro atoms. The average Bonchev–Trinajstić information content (AvgIpc) is 3.01. The smallest absolute Gasteiger partial charge is 0.123 e. The van der Waals surface area contributed by atoms with Crippen molar-refractivity contribution in [1.29, 1.82) is 0 Å². The number of hydrogen-bond acceptors (Lipinski definition) is 1. The van der Waals surface area contributed by atoms with Crippen molar-refractivity contribution in [3.63, 3.8) is 0 Å². The molecule has 1 aromatic rings. The summed E-state index contributed by atoms with van der Waals surface area (Å²) in [5.41, 5.74) is 1.13. The van der Waals surface area contributed by atoms with Gasteiger partial charge in [-0.2, -0.15) is 0 Å². The van der Waals surface area contributed by atoms with Crippen LogP contribution >= 0.6 is 0 Å². The molecule has 1 fully saturated rings. The SMILES string of the molecule is CC(C)(CCNC1CC1)c1cccc(F)c1. The molecular formula is C14H20FN. The quantitative estimate of drug-likeness (QED) is 0.805. The molecule has 1 aliphatic rings. The van der Waals surface area contributed by atoms with E-state index < -0.39 is 0 Å². The summed E-state index contributed by atoms with van der Waals surface area (Å²) >= 11 is 0. The average molecular weight is 221 g/mol. The van der Waals surface area contributed by atoms with Gasteiger partial charge in [0.1, 0.15) is 5.82 Å². The maximum Gasteiger partial charge on any atom is 0.123 e. The lowest BCUT2D eigenvalue weighted by Crippen LogP contribution is -2.26. The summed E-state index contributed by atoms with van der Waals surface area (Å²) in [5, 5.41) is 3.50. The summed E-state index contributed by atoms with van der Waals surface area (Å²) in [6.07, 6.45) is 3.69. The van der Waals surface area contributed by atoms with E-state index in [1.54, 1.807) is 12.1 Å². The van der Waals surface area contributed by atoms with E-state index in [0.29, 0.717) is 0 Å². The van der Waals surface area contributed by atoms with Gasteiger partial charge in [0.15, 0.2) is 0 Å². The fourth-order valence-electron chi connectivity index (χ4n) is 1.93. The monoisotopic (exact) mass is 221 g/mol. The van der Waals surface area contributed by atoms with Crippen LogP contribution in [0.15, 0.2) is 24.3 Å². The second-order valence-corrected chi connectivity index (χ2v) is 5.37. The zero-order valence-electron chi connectivity index (χ0n) is 10.1. The molecule has 2 heteroatoms. The van der Waals surface area contributed by atoms with Gasteiger partial charge in [-0.1, -0.05) is 26.0 Å². The minimum absolute atomic E-state index is 0.0456. The van der Waals surface area contributed by atoms with Crippen LogP contribution in [0.5, 0.6) is 0 Å². The van der Waals surface area contributed by atoms with Gasteiger partial charge >= 0.3 is 0 Å². The normalized spacial score (nSPS) is 16.4. The lowest BCUT2D eigenvalue weighted by molar-refractivity contribution is 0.453. The molecule has 0 atom stereocenters. The summed E-state index contributed by atoms with van der Waals surface area (Å²) in [5.74, 6) is -0.138. The first-order valence-corrected chi connectivity index (χ1v) is 6.07. The standard InChI is InChI=1S/C14H20FN/c1-14(2,8-9-16-13-6-7-13)11-4-3-5-12(15)10-11/h3-5,10,13,16H,6-9H2,1-2H3. The Bertz CT molecular complexity index is 356. The van der Waals surface area contributed by atoms with Gasteiger partial charge in [0.05, 0.1) is 0 Å². The van der Waals surface area contributed by atoms with Crippen LogP contribution in [0.4, 0.5) is 4.39 Å². The largest absolute Gasteiger partial charge is 0.314 e. The first-order valence-electron chi connectivity index (χ1n) is 6.07. The van der Waals surface area contributed by atoms with Crippen LogP contribution in [0.2, 0.25) is 0 Å². The fourth-order valence-corrected chi connectivity index (χ4v) is 1.93. The highest BCUT2D eigenvalue weighted by Gasteiger charge is 2.24. The summed E-state index contributed by atoms with van der Waals surface area (Å²) in [4.78, 5) is 0. The zero-order chi connectivity index (χ0) is 11.6. The van der Waals surface area contributed by atoms with Crippen LogP contribution in [-0.2, 0) is 5.41 Å². The predicted octanol–water partition coefficient (Wildman–Crippen LogP) is 3.25. The maximum absolute atomic E-state index is 13.1. The number of nitrogens with one attached hydrogen (secondary N) is 1. The lowest BCUT2D eigenvalue weighted by Gasteiger charge is -2.25. The Morgan fingerprint density at radius 1 is 1.38 bits per heavy atom. The highest BCUT2D eigenvalue weighted by Crippen LogP contribution is 2.27. The molecule has 0 aliphatic heterocycles. The molecule has 0 radical (unpaired) electrons. The van der Waals surface area contributed by atoms with Crippen molar-refractivity contribution in [2.45, 2.75) is 44.6 Å². The predicted molar refractivity (Wildman–Crippen MR) is 65.1 cm³/mol. The van der Waals surface area contributed by atoms with E-state index in [1.807, 2.05) is 6.07 Å². The van der Waals surface area contributed by atoms with E-state index in [2.05, 4.69) is 19.2 Å². The summed E-state index contributed by atoms with van der Waals surface area (Å²) in [6, 6.07) is 7.71. The van der Waals surface area contributed by atoms with Gasteiger partial charge in [-0.15, -0.1) is 0 Å². The highest BCUT2D eigenvalue weighted by atomic mass is 19.1. The van der Waals surface area contributed by atoms with Crippen LogP contribution in [0.25, 0.3) is 0 Å². The topological polar surface area (TPSA) is 12.0 Å². The van der Waals surface area contributed by atoms with E-state index in [0.717, 1.165) is 24.6 Å². The lowest BCUT2D eigenvalue weighted by atomic mass is 9.81. The molecule has 0 aromatic heterocycles. The maximum atomic E-state index is 13.1. The van der Waals surface area contributed by atoms with E-state index in [4.69, 9.17) is 0 Å². The van der Waals surface area contributed by atoms with E-state index in [9.17, 15) is 4.39 Å². The Morgan fingerprint density at radius 3 is 2.75 bits per heavy atom. The molecule has 0 unspecified atom stereocenters. The van der Waals surface area contributed by atoms with Crippen LogP contribution in [0.1, 0.15) is 38.7 Å². The van der Waals surface area contributed by atoms with Gasteiger partial charge in [0.2, 0.25) is 0 Å². The van der Waals surface area contributed by atoms with Crippen molar-refractivity contribution in [3.8, 4) is 0 Å². The van der Waals surface area contributed by atoms with Crippen LogP contribution < -0.4 is 5.32 Å². The molecule has 1 N–H and O–H groups in total. The number of benzene rings is 1. The molecule has 1 aromatic carbocycles. The van der Waals surface area contributed by atoms with Gasteiger partial charge in [-0.3, -0.25) is 0 Å². The van der Waals surface area contributed by atoms with E-state index in [1.165, 1.54) is 18.9 Å². The summed E-state index contributed by atoms with van der Waals surface area (Å²) in [6.45, 7) is 5.38. The van der Waals surface area contributed by atoms with E-state index >= 15 is 0 Å². The van der Waals surface area contributed by atoms with Crippen molar-refractivity contribution >= 4 is 0 Å². The minimum Gasteiger partial charge on any atom is -0.314 e. The van der Waals surface area contributed by atoms with Crippen LogP contribution in [-0.4, -0.2) is 12.6 Å². The highest BCUT2D eigenvalue weighted by molar-refractivity contribution is 5.24. The third-order valence-electron chi connectivity index (χ3n) is 3.37. The molecule has 2 rings (SSSR count). The third-order valence-corrected chi connectivity index (χ3v) is 3.37. The first kappa shape index (κ1) is 11.6. The van der Waals surface area contributed by atoms with Gasteiger partial charge in [-0.05, 0) is 48.9 Å². The van der Waals surface area contributed by atoms with Crippen LogP contribution in [0, 0.1) is 5.82 Å². The second-order valence-electron chi connectivity index (χ2n) is 5.37. The van der Waals surface area contributed by atoms with Gasteiger partial charge in [0.25, 0.3) is 0 Å². The van der Waals surface area contributed by atoms with Crippen LogP contribution in [0.3, 0.4) is 0 Å². The third kappa shape index (κ3) is 3.05. The molecule has 1 saturated carbocycles. The summed E-state index contributed by atoms with van der Waals surface area (Å²) < 4.78 is 13.1. The Balaban J connectivity index is 1.93. The zero-order valence-corrected chi connectivity index (χ0v) is 10.1. The molecule has 1 aliphatic carbocycles. The summed E-state index contributed by atoms with van der Waals surface area (Å²) in [7, 11) is 0. The Hall–Kier alpha value is -0.890. The molecule has 88 valence electrons. The molecule has 1 nitrogen and oxygen atoms in total. The van der Waals surface area contributed by atoms with E-state index in [-0.39, 0.29) is 11.2 Å². The molecule has 0 saturated heterocycles. The van der Waals surface area contributed by atoms with Crippen molar-refractivity contribution in [1.82, 2.24) is 5.32 Å². The van der Waals surface area contributed by atoms with Gasteiger partial charge in [0, 0.05) is 6.04 Å². The minimum atomic E-state index is -0.138. The molecule has 0 bridgehead atoms.